The van der Waals surface area contributed by atoms with Gasteiger partial charge in [0.25, 0.3) is 0 Å². The Labute approximate surface area is 192 Å². The van der Waals surface area contributed by atoms with Crippen LogP contribution < -0.4 is 0 Å². The molecule has 1 rings (SSSR count). The second kappa shape index (κ2) is 17.6. The van der Waals surface area contributed by atoms with Gasteiger partial charge in [-0.2, -0.15) is 0 Å². The van der Waals surface area contributed by atoms with Gasteiger partial charge in [-0.3, -0.25) is 0 Å². The summed E-state index contributed by atoms with van der Waals surface area (Å²) >= 11 is 0. The zero-order valence-corrected chi connectivity index (χ0v) is 21.3. The van der Waals surface area contributed by atoms with Crippen molar-refractivity contribution in [3.05, 3.63) is 29.8 Å². The van der Waals surface area contributed by atoms with Crippen LogP contribution in [0.15, 0.2) is 29.2 Å². The van der Waals surface area contributed by atoms with Crippen LogP contribution in [0.2, 0.25) is 0 Å². The molecule has 0 radical (unpaired) electrons. The summed E-state index contributed by atoms with van der Waals surface area (Å²) in [5.41, 5.74) is 0.928. The Hall–Kier alpha value is -0.950. The second-order valence-corrected chi connectivity index (χ2v) is 10.1. The first-order valence-corrected chi connectivity index (χ1v) is 13.6. The molecule has 0 aliphatic rings. The second-order valence-electron chi connectivity index (χ2n) is 8.70. The van der Waals surface area contributed by atoms with Crippen LogP contribution in [0, 0.1) is 6.92 Å². The van der Waals surface area contributed by atoms with Gasteiger partial charge >= 0.3 is 0 Å². The highest BCUT2D eigenvalue weighted by Gasteiger charge is 2.25. The molecule has 0 aliphatic carbocycles. The highest BCUT2D eigenvalue weighted by Crippen LogP contribution is 2.16. The molecule has 0 bridgehead atoms. The Balaban J connectivity index is 0.000000683. The predicted octanol–water partition coefficient (Wildman–Crippen LogP) is 5.66. The average molecular weight is 458 g/mol. The van der Waals surface area contributed by atoms with Crippen LogP contribution in [-0.4, -0.2) is 55.3 Å². The van der Waals surface area contributed by atoms with Gasteiger partial charge < -0.3 is 14.1 Å². The quantitative estimate of drug-likeness (QED) is 0.197. The van der Waals surface area contributed by atoms with Crippen molar-refractivity contribution >= 4 is 10.1 Å². The van der Waals surface area contributed by atoms with E-state index in [-0.39, 0.29) is 4.90 Å². The first-order valence-electron chi connectivity index (χ1n) is 12.2. The van der Waals surface area contributed by atoms with E-state index in [2.05, 4.69) is 20.8 Å². The summed E-state index contributed by atoms with van der Waals surface area (Å²) in [5, 5.41) is 9.50. The molecule has 0 heterocycles. The summed E-state index contributed by atoms with van der Waals surface area (Å²) in [6, 6.07) is 5.78. The van der Waals surface area contributed by atoms with Crippen molar-refractivity contribution in [2.24, 2.45) is 0 Å². The molecule has 1 N–H and O–H groups in total. The molecule has 6 heteroatoms. The fourth-order valence-corrected chi connectivity index (χ4v) is 4.33. The molecule has 0 fully saturated rings. The minimum absolute atomic E-state index is 0.178. The van der Waals surface area contributed by atoms with Gasteiger partial charge in [-0.15, -0.1) is 0 Å². The maximum Gasteiger partial charge on any atom is 0.124 e. The number of aryl methyl sites for hydroxylation is 1. The summed E-state index contributed by atoms with van der Waals surface area (Å²) in [4.78, 5) is -0.178. The Bertz CT molecular complexity index is 634. The zero-order chi connectivity index (χ0) is 23.6. The van der Waals surface area contributed by atoms with Gasteiger partial charge in [0.15, 0.2) is 0 Å². The summed E-state index contributed by atoms with van der Waals surface area (Å²) < 4.78 is 32.3. The lowest BCUT2D eigenvalue weighted by Crippen LogP contribution is -2.51. The van der Waals surface area contributed by atoms with Gasteiger partial charge in [0, 0.05) is 0 Å². The molecule has 0 atom stereocenters. The number of hydrogen-bond acceptors (Lipinski definition) is 4. The van der Waals surface area contributed by atoms with Crippen molar-refractivity contribution in [2.75, 3.05) is 32.8 Å². The summed E-state index contributed by atoms with van der Waals surface area (Å²) in [7, 11) is -4.27. The molecule has 0 unspecified atom stereocenters. The van der Waals surface area contributed by atoms with E-state index in [0.29, 0.717) is 6.61 Å². The van der Waals surface area contributed by atoms with E-state index in [1.165, 1.54) is 100 Å². The number of aliphatic hydroxyl groups excluding tert-OH is 1. The Morgan fingerprint density at radius 3 is 1.55 bits per heavy atom. The van der Waals surface area contributed by atoms with Crippen molar-refractivity contribution < 1.29 is 22.6 Å². The van der Waals surface area contributed by atoms with Crippen LogP contribution in [0.3, 0.4) is 0 Å². The van der Waals surface area contributed by atoms with Crippen LogP contribution >= 0.6 is 0 Å². The van der Waals surface area contributed by atoms with E-state index in [0.717, 1.165) is 12.1 Å². The molecule has 1 aromatic carbocycles. The molecule has 1 aromatic rings. The van der Waals surface area contributed by atoms with Crippen molar-refractivity contribution in [3.63, 3.8) is 0 Å². The molecular weight excluding hydrogens is 410 g/mol. The minimum atomic E-state index is -4.27. The largest absolute Gasteiger partial charge is 0.744 e. The number of nitrogens with zero attached hydrogens (tertiary/aromatic N) is 1. The van der Waals surface area contributed by atoms with Crippen molar-refractivity contribution in [2.45, 2.75) is 96.8 Å². The third-order valence-electron chi connectivity index (χ3n) is 5.84. The van der Waals surface area contributed by atoms with Crippen LogP contribution in [0.1, 0.15) is 90.5 Å². The summed E-state index contributed by atoms with van der Waals surface area (Å²) in [5.74, 6) is 0. The molecule has 0 saturated carbocycles. The first kappa shape index (κ1) is 30.0. The molecule has 5 nitrogen and oxygen atoms in total. The number of benzene rings is 1. The van der Waals surface area contributed by atoms with E-state index < -0.39 is 10.1 Å². The van der Waals surface area contributed by atoms with E-state index in [4.69, 9.17) is 0 Å². The first-order chi connectivity index (χ1) is 14.7. The number of quaternary nitrogens is 1. The SMILES string of the molecule is CCCCCC[N+](CCO)(CCCCC)CCCCC.Cc1ccc(S(=O)(=O)[O-])cc1. The molecule has 0 saturated heterocycles. The molecule has 31 heavy (non-hydrogen) atoms. The van der Waals surface area contributed by atoms with Crippen molar-refractivity contribution in [1.29, 1.82) is 0 Å². The molecule has 0 aromatic heterocycles. The fraction of sp³-hybridized carbons (Fsp3) is 0.760. The normalized spacial score (nSPS) is 11.8. The summed E-state index contributed by atoms with van der Waals surface area (Å²) in [6.45, 7) is 13.8. The van der Waals surface area contributed by atoms with E-state index in [1.54, 1.807) is 12.1 Å². The summed E-state index contributed by atoms with van der Waals surface area (Å²) in [6.07, 6.45) is 13.3. The maximum absolute atomic E-state index is 10.4. The van der Waals surface area contributed by atoms with Crippen molar-refractivity contribution in [3.8, 4) is 0 Å². The Morgan fingerprint density at radius 1 is 0.742 bits per heavy atom. The molecular formula is C25H47NO4S. The lowest BCUT2D eigenvalue weighted by atomic mass is 10.1. The average Bonchev–Trinajstić information content (AvgIpc) is 2.72. The van der Waals surface area contributed by atoms with Crippen molar-refractivity contribution in [1.82, 2.24) is 0 Å². The number of unbranched alkanes of at least 4 members (excludes halogenated alkanes) is 7. The van der Waals surface area contributed by atoms with Crippen LogP contribution in [-0.2, 0) is 10.1 Å². The maximum atomic E-state index is 10.4. The predicted molar refractivity (Wildman–Crippen MR) is 129 cm³/mol. The fourth-order valence-electron chi connectivity index (χ4n) is 3.86. The smallest absolute Gasteiger partial charge is 0.124 e. The number of hydrogen-bond donors (Lipinski definition) is 1. The van der Waals surface area contributed by atoms with E-state index in [9.17, 15) is 18.1 Å². The van der Waals surface area contributed by atoms with Gasteiger partial charge in [0.05, 0.1) is 31.1 Å². The minimum Gasteiger partial charge on any atom is -0.744 e. The Morgan fingerprint density at radius 2 is 1.16 bits per heavy atom. The Kier molecular flexibility index (Phi) is 17.0. The van der Waals surface area contributed by atoms with Gasteiger partial charge in [-0.1, -0.05) is 64.2 Å². The monoisotopic (exact) mass is 457 g/mol. The molecule has 0 aliphatic heterocycles. The number of aliphatic hydroxyl groups is 1. The zero-order valence-electron chi connectivity index (χ0n) is 20.4. The lowest BCUT2D eigenvalue weighted by Gasteiger charge is -2.39. The third-order valence-corrected chi connectivity index (χ3v) is 6.69. The third kappa shape index (κ3) is 14.7. The highest BCUT2D eigenvalue weighted by molar-refractivity contribution is 7.85. The molecule has 0 spiro atoms. The van der Waals surface area contributed by atoms with Gasteiger partial charge in [0.1, 0.15) is 16.7 Å². The lowest BCUT2D eigenvalue weighted by molar-refractivity contribution is -0.929. The molecule has 182 valence electrons. The van der Waals surface area contributed by atoms with Gasteiger partial charge in [-0.25, -0.2) is 8.42 Å². The van der Waals surface area contributed by atoms with Gasteiger partial charge in [-0.05, 0) is 57.6 Å². The van der Waals surface area contributed by atoms with Gasteiger partial charge in [0.2, 0.25) is 0 Å². The topological polar surface area (TPSA) is 77.4 Å². The van der Waals surface area contributed by atoms with Crippen LogP contribution in [0.5, 0.6) is 0 Å². The van der Waals surface area contributed by atoms with E-state index >= 15 is 0 Å². The number of rotatable bonds is 16. The van der Waals surface area contributed by atoms with E-state index in [1.807, 2.05) is 6.92 Å². The van der Waals surface area contributed by atoms with Crippen LogP contribution in [0.4, 0.5) is 0 Å². The highest BCUT2D eigenvalue weighted by atomic mass is 32.2. The standard InChI is InChI=1S/C18H40NO.C7H8O3S/c1-4-7-10-13-16-19(17-18-20,14-11-8-5-2)15-12-9-6-3;1-6-2-4-7(5-3-6)11(8,9)10/h20H,4-18H2,1-3H3;2-5H,1H3,(H,8,9,10)/q+1;/p-1. The van der Waals surface area contributed by atoms with Crippen LogP contribution in [0.25, 0.3) is 0 Å². The molecule has 0 amide bonds.